The van der Waals surface area contributed by atoms with Gasteiger partial charge in [0, 0.05) is 13.0 Å². The van der Waals surface area contributed by atoms with Gasteiger partial charge in [0.25, 0.3) is 5.91 Å². The second-order valence-electron chi connectivity index (χ2n) is 15.5. The normalized spacial score (nSPS) is 23.2. The number of carbonyl (C=O) groups is 4. The fourth-order valence-corrected chi connectivity index (χ4v) is 6.61. The Morgan fingerprint density at radius 3 is 2.40 bits per heavy atom. The fourth-order valence-electron chi connectivity index (χ4n) is 6.61. The van der Waals surface area contributed by atoms with Crippen LogP contribution in [0.4, 0.5) is 10.6 Å². The van der Waals surface area contributed by atoms with Crippen molar-refractivity contribution in [3.8, 4) is 6.07 Å². The lowest BCUT2D eigenvalue weighted by Crippen LogP contribution is -2.50. The van der Waals surface area contributed by atoms with Crippen molar-refractivity contribution >= 4 is 35.3 Å². The molecule has 0 unspecified atom stereocenters. The molecule has 1 aliphatic heterocycles. The highest BCUT2D eigenvalue weighted by atomic mass is 16.6. The number of hydrogen-bond donors (Lipinski definition) is 3. The Labute approximate surface area is 310 Å². The van der Waals surface area contributed by atoms with Crippen LogP contribution in [0.5, 0.6) is 0 Å². The minimum Gasteiger partial charge on any atom is -0.463 e. The molecule has 53 heavy (non-hydrogen) atoms. The molecular weight excluding hydrogens is 688 g/mol. The summed E-state index contributed by atoms with van der Waals surface area (Å²) in [5, 5.41) is 32.2. The molecule has 2 amide bonds. The number of alkyl carbamates (subject to hydrolysis) is 1. The summed E-state index contributed by atoms with van der Waals surface area (Å²) in [7, 11) is 0. The van der Waals surface area contributed by atoms with E-state index in [1.54, 1.807) is 55.4 Å². The predicted octanol–water partition coefficient (Wildman–Crippen LogP) is 4.33. The van der Waals surface area contributed by atoms with Gasteiger partial charge in [0.1, 0.15) is 54.0 Å². The summed E-state index contributed by atoms with van der Waals surface area (Å²) in [4.78, 5) is 56.7. The van der Waals surface area contributed by atoms with Gasteiger partial charge in [-0.25, -0.2) is 19.1 Å². The second-order valence-corrected chi connectivity index (χ2v) is 15.5. The SMILES string of the molecule is CCOC(C)(C)C(=O)Nc1ncnn2c([C@]3(C#N)O[C@H](COC(=O)CC4CCCCCC4)[C@@H](OC(=O)[C@@H](NC(=O)OC(C)(C)C)C(C)C)[C@H]3O)ccc12. The number of nitrogens with one attached hydrogen (secondary N) is 2. The lowest BCUT2D eigenvalue weighted by atomic mass is 9.92. The second kappa shape index (κ2) is 17.2. The van der Waals surface area contributed by atoms with Crippen LogP contribution in [-0.2, 0) is 43.7 Å². The first-order valence-corrected chi connectivity index (χ1v) is 18.3. The minimum atomic E-state index is -2.21. The Balaban J connectivity index is 1.66. The summed E-state index contributed by atoms with van der Waals surface area (Å²) >= 11 is 0. The lowest BCUT2D eigenvalue weighted by molar-refractivity contribution is -0.163. The van der Waals surface area contributed by atoms with E-state index in [1.807, 2.05) is 6.07 Å². The van der Waals surface area contributed by atoms with Crippen LogP contribution < -0.4 is 10.6 Å². The maximum Gasteiger partial charge on any atom is 0.408 e. The molecule has 3 N–H and O–H groups in total. The predicted molar refractivity (Wildman–Crippen MR) is 190 cm³/mol. The van der Waals surface area contributed by atoms with E-state index in [-0.39, 0.29) is 29.4 Å². The molecule has 1 aliphatic carbocycles. The Hall–Kier alpha value is -4.33. The molecule has 2 aromatic heterocycles. The Kier molecular flexibility index (Phi) is 13.5. The van der Waals surface area contributed by atoms with E-state index in [0.29, 0.717) is 6.61 Å². The number of rotatable bonds is 13. The Bertz CT molecular complexity index is 1660. The number of amides is 2. The number of ether oxygens (including phenoxy) is 5. The molecule has 0 aromatic carbocycles. The molecular formula is C37H54N6O10. The number of hydrogen-bond acceptors (Lipinski definition) is 13. The molecule has 292 valence electrons. The number of esters is 2. The Morgan fingerprint density at radius 1 is 1.11 bits per heavy atom. The topological polar surface area (TPSA) is 213 Å². The quantitative estimate of drug-likeness (QED) is 0.148. The van der Waals surface area contributed by atoms with E-state index in [9.17, 15) is 29.5 Å². The van der Waals surface area contributed by atoms with Crippen LogP contribution in [0, 0.1) is 23.2 Å². The van der Waals surface area contributed by atoms with Gasteiger partial charge in [-0.15, -0.1) is 0 Å². The molecule has 1 saturated heterocycles. The van der Waals surface area contributed by atoms with E-state index in [4.69, 9.17) is 23.7 Å². The minimum absolute atomic E-state index is 0.0325. The summed E-state index contributed by atoms with van der Waals surface area (Å²) in [5.41, 5.74) is -3.93. The van der Waals surface area contributed by atoms with E-state index < -0.39 is 77.6 Å². The first kappa shape index (κ1) is 41.4. The zero-order chi connectivity index (χ0) is 39.1. The van der Waals surface area contributed by atoms with Crippen molar-refractivity contribution < 1.29 is 48.0 Å². The van der Waals surface area contributed by atoms with Crippen LogP contribution in [0.2, 0.25) is 0 Å². The molecule has 4 rings (SSSR count). The molecule has 2 fully saturated rings. The number of anilines is 1. The fraction of sp³-hybridized carbons (Fsp3) is 0.703. The van der Waals surface area contributed by atoms with Crippen molar-refractivity contribution in [2.45, 2.75) is 141 Å². The van der Waals surface area contributed by atoms with Crippen LogP contribution in [0.3, 0.4) is 0 Å². The molecule has 0 bridgehead atoms. The number of fused-ring (bicyclic) bond motifs is 1. The van der Waals surface area contributed by atoms with Gasteiger partial charge < -0.3 is 39.4 Å². The van der Waals surface area contributed by atoms with E-state index in [1.165, 1.54) is 16.6 Å². The number of nitrogens with zero attached hydrogens (tertiary/aromatic N) is 4. The van der Waals surface area contributed by atoms with Crippen LogP contribution >= 0.6 is 0 Å². The van der Waals surface area contributed by atoms with Crippen molar-refractivity contribution in [2.24, 2.45) is 11.8 Å². The molecule has 2 aliphatic rings. The summed E-state index contributed by atoms with van der Waals surface area (Å²) < 4.78 is 30.0. The summed E-state index contributed by atoms with van der Waals surface area (Å²) in [6.45, 7) is 13.3. The molecule has 16 heteroatoms. The van der Waals surface area contributed by atoms with Gasteiger partial charge >= 0.3 is 18.0 Å². The van der Waals surface area contributed by atoms with Gasteiger partial charge in [0.2, 0.25) is 5.60 Å². The van der Waals surface area contributed by atoms with E-state index in [0.717, 1.165) is 44.9 Å². The molecule has 2 aromatic rings. The largest absolute Gasteiger partial charge is 0.463 e. The van der Waals surface area contributed by atoms with Crippen LogP contribution in [0.1, 0.15) is 106 Å². The third-order valence-corrected chi connectivity index (χ3v) is 9.40. The lowest BCUT2D eigenvalue weighted by Gasteiger charge is -2.28. The third-order valence-electron chi connectivity index (χ3n) is 9.40. The van der Waals surface area contributed by atoms with Crippen molar-refractivity contribution in [2.75, 3.05) is 18.5 Å². The van der Waals surface area contributed by atoms with Crippen molar-refractivity contribution in [1.29, 1.82) is 5.26 Å². The summed E-state index contributed by atoms with van der Waals surface area (Å²) in [6, 6.07) is 3.85. The average molecular weight is 743 g/mol. The van der Waals surface area contributed by atoms with Crippen LogP contribution in [0.25, 0.3) is 5.52 Å². The zero-order valence-corrected chi connectivity index (χ0v) is 32.0. The molecule has 16 nitrogen and oxygen atoms in total. The number of aliphatic hydroxyl groups is 1. The van der Waals surface area contributed by atoms with Crippen molar-refractivity contribution in [3.63, 3.8) is 0 Å². The number of aromatic nitrogens is 3. The summed E-state index contributed by atoms with van der Waals surface area (Å²) in [6.07, 6.45) is 2.00. The van der Waals surface area contributed by atoms with Gasteiger partial charge in [-0.3, -0.25) is 9.59 Å². The van der Waals surface area contributed by atoms with E-state index >= 15 is 0 Å². The van der Waals surface area contributed by atoms with Gasteiger partial charge in [-0.1, -0.05) is 39.5 Å². The zero-order valence-electron chi connectivity index (χ0n) is 32.0. The van der Waals surface area contributed by atoms with Gasteiger partial charge in [0.05, 0.1) is 5.69 Å². The first-order chi connectivity index (χ1) is 24.9. The van der Waals surface area contributed by atoms with Gasteiger partial charge in [-0.2, -0.15) is 10.4 Å². The van der Waals surface area contributed by atoms with E-state index in [2.05, 4.69) is 20.7 Å². The summed E-state index contributed by atoms with van der Waals surface area (Å²) in [5.74, 6) is -2.07. The Morgan fingerprint density at radius 2 is 1.79 bits per heavy atom. The third kappa shape index (κ3) is 10.0. The highest BCUT2D eigenvalue weighted by Gasteiger charge is 2.60. The monoisotopic (exact) mass is 742 g/mol. The molecule has 0 radical (unpaired) electrons. The highest BCUT2D eigenvalue weighted by Crippen LogP contribution is 2.42. The smallest absolute Gasteiger partial charge is 0.408 e. The van der Waals surface area contributed by atoms with Gasteiger partial charge in [0.15, 0.2) is 11.9 Å². The van der Waals surface area contributed by atoms with Crippen molar-refractivity contribution in [1.82, 2.24) is 19.9 Å². The maximum absolute atomic E-state index is 13.7. The van der Waals surface area contributed by atoms with Gasteiger partial charge in [-0.05, 0) is 78.4 Å². The van der Waals surface area contributed by atoms with Crippen LogP contribution in [0.15, 0.2) is 18.5 Å². The maximum atomic E-state index is 13.7. The highest BCUT2D eigenvalue weighted by molar-refractivity contribution is 5.98. The molecule has 0 spiro atoms. The van der Waals surface area contributed by atoms with Crippen LogP contribution in [-0.4, -0.2) is 92.4 Å². The standard InChI is InChI=1S/C37H54N6O10/c1-9-50-36(7,8)33(47)42-31-24-16-17-26(43(24)40-21-39-31)37(20-38)30(45)29(51-32(46)28(22(2)3)41-34(48)53-35(4,5)6)25(52-37)19-49-27(44)18-23-14-12-10-11-13-15-23/h16-17,21-23,25,28-30,45H,9-15,18-19H2,1-8H3,(H,41,48)(H,39,40,42,47)/t25-,28+,29-,30-,37+/m1/s1. The number of aliphatic hydroxyl groups excluding tert-OH is 1. The molecule has 3 heterocycles. The average Bonchev–Trinajstić information content (AvgIpc) is 3.51. The number of carbonyl (C=O) groups excluding carboxylic acids is 4. The number of nitriles is 1. The molecule has 5 atom stereocenters. The van der Waals surface area contributed by atoms with Crippen molar-refractivity contribution in [3.05, 3.63) is 24.2 Å². The first-order valence-electron chi connectivity index (χ1n) is 18.3. The molecule has 1 saturated carbocycles.